The van der Waals surface area contributed by atoms with Crippen molar-refractivity contribution in [2.75, 3.05) is 20.3 Å². The minimum absolute atomic E-state index is 0.00231. The molecule has 0 bridgehead atoms. The van der Waals surface area contributed by atoms with Crippen molar-refractivity contribution in [3.8, 4) is 0 Å². The lowest BCUT2D eigenvalue weighted by Gasteiger charge is -2.10. The molecule has 0 spiro atoms. The van der Waals surface area contributed by atoms with Gasteiger partial charge < -0.3 is 10.1 Å². The molecule has 0 aliphatic carbocycles. The quantitative estimate of drug-likeness (QED) is 0.656. The molecule has 0 saturated heterocycles. The first-order chi connectivity index (χ1) is 6.61. The van der Waals surface area contributed by atoms with Crippen molar-refractivity contribution in [1.29, 1.82) is 0 Å². The van der Waals surface area contributed by atoms with E-state index in [2.05, 4.69) is 11.9 Å². The standard InChI is InChI=1S/C11H19NO2/c1-5-6-9(2)7-12-11(13)10(3)8-14-4/h5-6,10H,2,7-8H2,1,3-4H3,(H,12,13)/b6-5-. The summed E-state index contributed by atoms with van der Waals surface area (Å²) in [6, 6.07) is 0. The van der Waals surface area contributed by atoms with E-state index in [0.717, 1.165) is 5.57 Å². The van der Waals surface area contributed by atoms with Crippen LogP contribution in [0.3, 0.4) is 0 Å². The molecule has 0 aliphatic heterocycles. The van der Waals surface area contributed by atoms with Crippen LogP contribution in [-0.2, 0) is 9.53 Å². The highest BCUT2D eigenvalue weighted by molar-refractivity contribution is 5.78. The monoisotopic (exact) mass is 197 g/mol. The molecule has 0 aromatic rings. The van der Waals surface area contributed by atoms with E-state index in [1.54, 1.807) is 7.11 Å². The maximum atomic E-state index is 11.4. The molecule has 3 heteroatoms. The molecule has 1 unspecified atom stereocenters. The van der Waals surface area contributed by atoms with Gasteiger partial charge in [-0.2, -0.15) is 0 Å². The summed E-state index contributed by atoms with van der Waals surface area (Å²) in [6.45, 7) is 8.48. The topological polar surface area (TPSA) is 38.3 Å². The Bertz CT molecular complexity index is 221. The van der Waals surface area contributed by atoms with E-state index in [-0.39, 0.29) is 11.8 Å². The third kappa shape index (κ3) is 5.54. The Hall–Kier alpha value is -1.09. The van der Waals surface area contributed by atoms with Crippen LogP contribution in [0, 0.1) is 5.92 Å². The van der Waals surface area contributed by atoms with Crippen molar-refractivity contribution >= 4 is 5.91 Å². The zero-order valence-electron chi connectivity index (χ0n) is 9.17. The number of rotatable bonds is 6. The van der Waals surface area contributed by atoms with E-state index < -0.39 is 0 Å². The number of hydrogen-bond donors (Lipinski definition) is 1. The van der Waals surface area contributed by atoms with Crippen LogP contribution in [0.5, 0.6) is 0 Å². The van der Waals surface area contributed by atoms with Gasteiger partial charge in [-0.1, -0.05) is 25.7 Å². The Balaban J connectivity index is 3.78. The van der Waals surface area contributed by atoms with Gasteiger partial charge in [-0.25, -0.2) is 0 Å². The first-order valence-electron chi connectivity index (χ1n) is 4.69. The summed E-state index contributed by atoms with van der Waals surface area (Å²) in [5.41, 5.74) is 0.894. The molecule has 0 radical (unpaired) electrons. The average molecular weight is 197 g/mol. The fourth-order valence-corrected chi connectivity index (χ4v) is 0.995. The largest absolute Gasteiger partial charge is 0.384 e. The van der Waals surface area contributed by atoms with E-state index in [1.165, 1.54) is 0 Å². The first kappa shape index (κ1) is 12.9. The molecule has 0 fully saturated rings. The Morgan fingerprint density at radius 3 is 2.79 bits per heavy atom. The molecule has 0 aliphatic rings. The van der Waals surface area contributed by atoms with Crippen LogP contribution in [0.15, 0.2) is 24.3 Å². The van der Waals surface area contributed by atoms with Gasteiger partial charge in [0, 0.05) is 13.7 Å². The molecule has 0 rings (SSSR count). The molecule has 0 saturated carbocycles. The number of methoxy groups -OCH3 is 1. The van der Waals surface area contributed by atoms with E-state index in [9.17, 15) is 4.79 Å². The predicted octanol–water partition coefficient (Wildman–Crippen LogP) is 1.52. The Morgan fingerprint density at radius 2 is 2.29 bits per heavy atom. The summed E-state index contributed by atoms with van der Waals surface area (Å²) < 4.78 is 4.88. The smallest absolute Gasteiger partial charge is 0.225 e. The van der Waals surface area contributed by atoms with Crippen LogP contribution in [0.25, 0.3) is 0 Å². The number of ether oxygens (including phenoxy) is 1. The fraction of sp³-hybridized carbons (Fsp3) is 0.545. The van der Waals surface area contributed by atoms with Gasteiger partial charge in [0.25, 0.3) is 0 Å². The SMILES string of the molecule is C=C(/C=C\C)CNC(=O)C(C)COC. The molecule has 1 atom stereocenters. The molecule has 0 aromatic carbocycles. The second kappa shape index (κ2) is 7.33. The average Bonchev–Trinajstić information content (AvgIpc) is 2.15. The summed E-state index contributed by atoms with van der Waals surface area (Å²) in [4.78, 5) is 11.4. The Labute approximate surface area is 85.8 Å². The second-order valence-corrected chi connectivity index (χ2v) is 3.23. The maximum absolute atomic E-state index is 11.4. The van der Waals surface area contributed by atoms with Gasteiger partial charge in [0.15, 0.2) is 0 Å². The van der Waals surface area contributed by atoms with Crippen LogP contribution in [0.2, 0.25) is 0 Å². The number of nitrogens with one attached hydrogen (secondary N) is 1. The third-order valence-electron chi connectivity index (χ3n) is 1.76. The van der Waals surface area contributed by atoms with Crippen molar-refractivity contribution in [3.63, 3.8) is 0 Å². The van der Waals surface area contributed by atoms with Crippen LogP contribution >= 0.6 is 0 Å². The van der Waals surface area contributed by atoms with E-state index in [4.69, 9.17) is 4.74 Å². The number of carbonyl (C=O) groups excluding carboxylic acids is 1. The van der Waals surface area contributed by atoms with Crippen LogP contribution in [0.1, 0.15) is 13.8 Å². The highest BCUT2D eigenvalue weighted by Crippen LogP contribution is 1.96. The highest BCUT2D eigenvalue weighted by atomic mass is 16.5. The zero-order chi connectivity index (χ0) is 11.0. The summed E-state index contributed by atoms with van der Waals surface area (Å²) in [5, 5.41) is 2.78. The van der Waals surface area contributed by atoms with Crippen LogP contribution in [-0.4, -0.2) is 26.2 Å². The molecule has 0 heterocycles. The number of carbonyl (C=O) groups is 1. The first-order valence-corrected chi connectivity index (χ1v) is 4.69. The number of hydrogen-bond acceptors (Lipinski definition) is 2. The summed E-state index contributed by atoms with van der Waals surface area (Å²) in [5.74, 6) is -0.115. The van der Waals surface area contributed by atoms with Gasteiger partial charge in [-0.3, -0.25) is 4.79 Å². The molecule has 3 nitrogen and oxygen atoms in total. The lowest BCUT2D eigenvalue weighted by molar-refractivity contribution is -0.125. The third-order valence-corrected chi connectivity index (χ3v) is 1.76. The second-order valence-electron chi connectivity index (χ2n) is 3.23. The van der Waals surface area contributed by atoms with E-state index in [1.807, 2.05) is 26.0 Å². The molecule has 0 aromatic heterocycles. The van der Waals surface area contributed by atoms with Gasteiger partial charge in [0.05, 0.1) is 12.5 Å². The van der Waals surface area contributed by atoms with Crippen molar-refractivity contribution in [2.24, 2.45) is 5.92 Å². The van der Waals surface area contributed by atoms with Gasteiger partial charge in [0.2, 0.25) is 5.91 Å². The number of allylic oxidation sites excluding steroid dienone is 1. The molecular weight excluding hydrogens is 178 g/mol. The molecule has 1 amide bonds. The van der Waals surface area contributed by atoms with Crippen molar-refractivity contribution in [2.45, 2.75) is 13.8 Å². The molecule has 1 N–H and O–H groups in total. The van der Waals surface area contributed by atoms with Crippen LogP contribution in [0.4, 0.5) is 0 Å². The molecule has 14 heavy (non-hydrogen) atoms. The van der Waals surface area contributed by atoms with Crippen LogP contribution < -0.4 is 5.32 Å². The van der Waals surface area contributed by atoms with Crippen molar-refractivity contribution < 1.29 is 9.53 Å². The van der Waals surface area contributed by atoms with Gasteiger partial charge in [-0.05, 0) is 12.5 Å². The predicted molar refractivity (Wildman–Crippen MR) is 58.0 cm³/mol. The minimum atomic E-state index is -0.113. The Kier molecular flexibility index (Phi) is 6.76. The van der Waals surface area contributed by atoms with Crippen molar-refractivity contribution in [3.05, 3.63) is 24.3 Å². The normalized spacial score (nSPS) is 12.8. The van der Waals surface area contributed by atoms with E-state index >= 15 is 0 Å². The fourth-order valence-electron chi connectivity index (χ4n) is 0.995. The van der Waals surface area contributed by atoms with E-state index in [0.29, 0.717) is 13.2 Å². The molecular formula is C11H19NO2. The summed E-state index contributed by atoms with van der Waals surface area (Å²) >= 11 is 0. The lowest BCUT2D eigenvalue weighted by atomic mass is 10.2. The van der Waals surface area contributed by atoms with Gasteiger partial charge >= 0.3 is 0 Å². The van der Waals surface area contributed by atoms with Gasteiger partial charge in [0.1, 0.15) is 0 Å². The van der Waals surface area contributed by atoms with Gasteiger partial charge in [-0.15, -0.1) is 0 Å². The number of amides is 1. The lowest BCUT2D eigenvalue weighted by Crippen LogP contribution is -2.32. The highest BCUT2D eigenvalue weighted by Gasteiger charge is 2.11. The zero-order valence-corrected chi connectivity index (χ0v) is 9.17. The molecule has 80 valence electrons. The summed E-state index contributed by atoms with van der Waals surface area (Å²) in [7, 11) is 1.59. The Morgan fingerprint density at radius 1 is 1.64 bits per heavy atom. The summed E-state index contributed by atoms with van der Waals surface area (Å²) in [6.07, 6.45) is 3.77. The van der Waals surface area contributed by atoms with Crippen molar-refractivity contribution in [1.82, 2.24) is 5.32 Å². The maximum Gasteiger partial charge on any atom is 0.225 e. The minimum Gasteiger partial charge on any atom is -0.384 e.